The zero-order chi connectivity index (χ0) is 15.5. The van der Waals surface area contributed by atoms with Crippen molar-refractivity contribution in [1.29, 1.82) is 0 Å². The summed E-state index contributed by atoms with van der Waals surface area (Å²) >= 11 is 0. The molecule has 2 aliphatic rings. The van der Waals surface area contributed by atoms with Gasteiger partial charge in [-0.1, -0.05) is 26.7 Å². The summed E-state index contributed by atoms with van der Waals surface area (Å²) in [5.74, 6) is 0.00347. The molecular formula is C17H31NO3. The second-order valence-corrected chi connectivity index (χ2v) is 7.11. The molecule has 2 atom stereocenters. The predicted octanol–water partition coefficient (Wildman–Crippen LogP) is 3.03. The van der Waals surface area contributed by atoms with Crippen molar-refractivity contribution in [3.8, 4) is 0 Å². The molecule has 4 heteroatoms. The molecule has 1 spiro atoms. The van der Waals surface area contributed by atoms with E-state index >= 15 is 0 Å². The molecule has 1 saturated carbocycles. The van der Waals surface area contributed by atoms with Crippen LogP contribution < -0.4 is 5.73 Å². The van der Waals surface area contributed by atoms with Crippen LogP contribution in [0, 0.1) is 11.3 Å². The highest BCUT2D eigenvalue weighted by atomic mass is 16.5. The predicted molar refractivity (Wildman–Crippen MR) is 82.9 cm³/mol. The fourth-order valence-electron chi connectivity index (χ4n) is 4.06. The highest BCUT2D eigenvalue weighted by molar-refractivity contribution is 5.77. The first-order valence-electron chi connectivity index (χ1n) is 8.53. The highest BCUT2D eigenvalue weighted by Gasteiger charge is 2.48. The number of hydrogen-bond donors (Lipinski definition) is 1. The van der Waals surface area contributed by atoms with Gasteiger partial charge in [0.15, 0.2) is 0 Å². The van der Waals surface area contributed by atoms with E-state index in [0.717, 1.165) is 12.8 Å². The summed E-state index contributed by atoms with van der Waals surface area (Å²) in [6.45, 7) is 6.70. The van der Waals surface area contributed by atoms with Crippen molar-refractivity contribution in [2.45, 2.75) is 77.4 Å². The lowest BCUT2D eigenvalue weighted by atomic mass is 9.72. The van der Waals surface area contributed by atoms with Crippen LogP contribution in [0.3, 0.4) is 0 Å². The van der Waals surface area contributed by atoms with Crippen LogP contribution in [0.25, 0.3) is 0 Å². The fourth-order valence-corrected chi connectivity index (χ4v) is 4.06. The molecule has 0 bridgehead atoms. The Kier molecular flexibility index (Phi) is 5.31. The van der Waals surface area contributed by atoms with Crippen molar-refractivity contribution in [2.24, 2.45) is 17.1 Å². The van der Waals surface area contributed by atoms with E-state index in [4.69, 9.17) is 15.2 Å². The molecule has 0 aromatic carbocycles. The lowest BCUT2D eigenvalue weighted by Crippen LogP contribution is -2.47. The van der Waals surface area contributed by atoms with Crippen LogP contribution in [-0.4, -0.2) is 30.8 Å². The molecule has 1 aliphatic heterocycles. The van der Waals surface area contributed by atoms with Crippen LogP contribution in [0.2, 0.25) is 0 Å². The van der Waals surface area contributed by atoms with E-state index in [1.807, 2.05) is 6.92 Å². The number of esters is 1. The summed E-state index contributed by atoms with van der Waals surface area (Å²) in [4.78, 5) is 12.5. The maximum Gasteiger partial charge on any atom is 0.313 e. The minimum Gasteiger partial charge on any atom is -0.466 e. The van der Waals surface area contributed by atoms with E-state index in [2.05, 4.69) is 13.8 Å². The monoisotopic (exact) mass is 297 g/mol. The first-order valence-corrected chi connectivity index (χ1v) is 8.53. The number of hydrogen-bond acceptors (Lipinski definition) is 4. The van der Waals surface area contributed by atoms with Gasteiger partial charge < -0.3 is 15.2 Å². The second-order valence-electron chi connectivity index (χ2n) is 7.11. The van der Waals surface area contributed by atoms with Crippen molar-refractivity contribution in [3.05, 3.63) is 0 Å². The highest BCUT2D eigenvalue weighted by Crippen LogP contribution is 2.46. The Morgan fingerprint density at radius 3 is 2.57 bits per heavy atom. The van der Waals surface area contributed by atoms with Crippen molar-refractivity contribution in [3.63, 3.8) is 0 Å². The minimum atomic E-state index is -0.606. The Labute approximate surface area is 128 Å². The molecule has 0 aromatic heterocycles. The molecule has 2 N–H and O–H groups in total. The SMILES string of the molecule is CCOC(=O)C(CN)(CC1CCC2(CCCC2)O1)C(C)C. The zero-order valence-corrected chi connectivity index (χ0v) is 13.8. The van der Waals surface area contributed by atoms with Gasteiger partial charge in [-0.25, -0.2) is 0 Å². The first-order chi connectivity index (χ1) is 9.98. The third kappa shape index (κ3) is 3.26. The smallest absolute Gasteiger partial charge is 0.313 e. The van der Waals surface area contributed by atoms with Gasteiger partial charge in [0.2, 0.25) is 0 Å². The molecule has 4 nitrogen and oxygen atoms in total. The van der Waals surface area contributed by atoms with E-state index in [9.17, 15) is 4.79 Å². The lowest BCUT2D eigenvalue weighted by molar-refractivity contribution is -0.162. The summed E-state index contributed by atoms with van der Waals surface area (Å²) in [5, 5.41) is 0. The fraction of sp³-hybridized carbons (Fsp3) is 0.941. The first kappa shape index (κ1) is 16.8. The van der Waals surface area contributed by atoms with E-state index in [0.29, 0.717) is 19.6 Å². The molecule has 1 aliphatic carbocycles. The summed E-state index contributed by atoms with van der Waals surface area (Å²) in [6, 6.07) is 0. The second kappa shape index (κ2) is 6.66. The van der Waals surface area contributed by atoms with Gasteiger partial charge in [0.1, 0.15) is 0 Å². The maximum atomic E-state index is 12.5. The van der Waals surface area contributed by atoms with Gasteiger partial charge >= 0.3 is 5.97 Å². The molecule has 0 aromatic rings. The number of rotatable bonds is 6. The van der Waals surface area contributed by atoms with Crippen LogP contribution in [0.4, 0.5) is 0 Å². The summed E-state index contributed by atoms with van der Waals surface area (Å²) in [5.41, 5.74) is 5.51. The number of carbonyl (C=O) groups excluding carboxylic acids is 1. The van der Waals surface area contributed by atoms with Crippen LogP contribution >= 0.6 is 0 Å². The van der Waals surface area contributed by atoms with E-state index in [1.54, 1.807) is 0 Å². The third-order valence-electron chi connectivity index (χ3n) is 5.60. The zero-order valence-electron chi connectivity index (χ0n) is 13.8. The minimum absolute atomic E-state index is 0.108. The topological polar surface area (TPSA) is 61.5 Å². The molecule has 2 fully saturated rings. The van der Waals surface area contributed by atoms with Gasteiger partial charge in [-0.3, -0.25) is 4.79 Å². The maximum absolute atomic E-state index is 12.5. The average Bonchev–Trinajstić information content (AvgIpc) is 3.06. The number of nitrogens with two attached hydrogens (primary N) is 1. The van der Waals surface area contributed by atoms with E-state index in [-0.39, 0.29) is 23.6 Å². The Morgan fingerprint density at radius 2 is 2.05 bits per heavy atom. The van der Waals surface area contributed by atoms with Gasteiger partial charge in [-0.2, -0.15) is 0 Å². The third-order valence-corrected chi connectivity index (χ3v) is 5.60. The van der Waals surface area contributed by atoms with Crippen LogP contribution in [-0.2, 0) is 14.3 Å². The summed E-state index contributed by atoms with van der Waals surface area (Å²) in [6.07, 6.45) is 7.95. The van der Waals surface area contributed by atoms with Crippen molar-refractivity contribution in [1.82, 2.24) is 0 Å². The standard InChI is InChI=1S/C17H31NO3/c1-4-20-15(19)17(12-18,13(2)3)11-14-7-10-16(21-14)8-5-6-9-16/h13-14H,4-12,18H2,1-3H3. The van der Waals surface area contributed by atoms with Crippen molar-refractivity contribution >= 4 is 5.97 Å². The molecule has 122 valence electrons. The Hall–Kier alpha value is -0.610. The normalized spacial score (nSPS) is 27.2. The molecule has 1 heterocycles. The van der Waals surface area contributed by atoms with Gasteiger partial charge in [0.25, 0.3) is 0 Å². The number of carbonyl (C=O) groups is 1. The number of ether oxygens (including phenoxy) is 2. The van der Waals surface area contributed by atoms with Crippen LogP contribution in [0.15, 0.2) is 0 Å². The molecule has 0 radical (unpaired) electrons. The van der Waals surface area contributed by atoms with Crippen LogP contribution in [0.1, 0.15) is 65.7 Å². The summed E-state index contributed by atoms with van der Waals surface area (Å²) < 4.78 is 11.7. The van der Waals surface area contributed by atoms with Crippen molar-refractivity contribution in [2.75, 3.05) is 13.2 Å². The molecule has 21 heavy (non-hydrogen) atoms. The Bertz CT molecular complexity index is 363. The Morgan fingerprint density at radius 1 is 1.38 bits per heavy atom. The van der Waals surface area contributed by atoms with Gasteiger partial charge in [0, 0.05) is 6.54 Å². The van der Waals surface area contributed by atoms with Crippen molar-refractivity contribution < 1.29 is 14.3 Å². The Balaban J connectivity index is 2.07. The molecule has 0 amide bonds. The molecule has 2 rings (SSSR count). The van der Waals surface area contributed by atoms with Gasteiger partial charge in [-0.05, 0) is 44.9 Å². The molecular weight excluding hydrogens is 266 g/mol. The quantitative estimate of drug-likeness (QED) is 0.765. The molecule has 2 unspecified atom stereocenters. The van der Waals surface area contributed by atoms with E-state index in [1.165, 1.54) is 25.7 Å². The average molecular weight is 297 g/mol. The lowest BCUT2D eigenvalue weighted by Gasteiger charge is -2.36. The summed E-state index contributed by atoms with van der Waals surface area (Å²) in [7, 11) is 0. The van der Waals surface area contributed by atoms with Gasteiger partial charge in [-0.15, -0.1) is 0 Å². The van der Waals surface area contributed by atoms with E-state index < -0.39 is 5.41 Å². The largest absolute Gasteiger partial charge is 0.466 e. The van der Waals surface area contributed by atoms with Gasteiger partial charge in [0.05, 0.1) is 23.7 Å². The molecule has 1 saturated heterocycles. The van der Waals surface area contributed by atoms with Crippen LogP contribution in [0.5, 0.6) is 0 Å².